The highest BCUT2D eigenvalue weighted by Gasteiger charge is 2.28. The Morgan fingerprint density at radius 3 is 2.23 bits per heavy atom. The summed E-state index contributed by atoms with van der Waals surface area (Å²) in [6.45, 7) is 0.200. The highest BCUT2D eigenvalue weighted by Crippen LogP contribution is 2.38. The molecule has 2 aromatic rings. The smallest absolute Gasteiger partial charge is 0.324 e. The number of nitrogens with zero attached hydrogens (tertiary/aromatic N) is 1. The van der Waals surface area contributed by atoms with Gasteiger partial charge in [0.15, 0.2) is 11.5 Å². The molecule has 1 heterocycles. The lowest BCUT2D eigenvalue weighted by molar-refractivity contribution is -0.125. The number of rotatable bonds is 8. The molecule has 9 nitrogen and oxygen atoms in total. The number of ether oxygens (including phenoxy) is 3. The number of methoxy groups -OCH3 is 3. The Morgan fingerprint density at radius 2 is 1.71 bits per heavy atom. The van der Waals surface area contributed by atoms with Gasteiger partial charge in [0.25, 0.3) is 0 Å². The molecule has 0 unspecified atom stereocenters. The quantitative estimate of drug-likeness (QED) is 0.497. The summed E-state index contributed by atoms with van der Waals surface area (Å²) in [5, 5.41) is 5.23. The van der Waals surface area contributed by atoms with Crippen LogP contribution in [-0.4, -0.2) is 50.6 Å². The van der Waals surface area contributed by atoms with Crippen molar-refractivity contribution in [2.75, 3.05) is 33.2 Å². The largest absolute Gasteiger partial charge is 0.493 e. The van der Waals surface area contributed by atoms with Crippen LogP contribution in [0.3, 0.4) is 0 Å². The van der Waals surface area contributed by atoms with Crippen molar-refractivity contribution in [2.45, 2.75) is 6.54 Å². The minimum Gasteiger partial charge on any atom is -0.493 e. The van der Waals surface area contributed by atoms with E-state index in [1.165, 1.54) is 27.4 Å². The Labute approximate surface area is 179 Å². The van der Waals surface area contributed by atoms with Gasteiger partial charge >= 0.3 is 6.03 Å². The number of imide groups is 1. The monoisotopic (exact) mass is 425 g/mol. The van der Waals surface area contributed by atoms with Gasteiger partial charge in [0, 0.05) is 11.8 Å². The van der Waals surface area contributed by atoms with Crippen molar-refractivity contribution in [2.24, 2.45) is 0 Å². The average Bonchev–Trinajstić information content (AvgIpc) is 3.10. The van der Waals surface area contributed by atoms with Crippen molar-refractivity contribution in [3.8, 4) is 17.2 Å². The van der Waals surface area contributed by atoms with Gasteiger partial charge < -0.3 is 24.8 Å². The van der Waals surface area contributed by atoms with Crippen molar-refractivity contribution >= 4 is 29.6 Å². The minimum atomic E-state index is -0.403. The summed E-state index contributed by atoms with van der Waals surface area (Å²) < 4.78 is 15.9. The summed E-state index contributed by atoms with van der Waals surface area (Å²) in [7, 11) is 4.56. The number of urea groups is 1. The highest BCUT2D eigenvalue weighted by molar-refractivity contribution is 6.02. The first-order valence-corrected chi connectivity index (χ1v) is 9.41. The summed E-state index contributed by atoms with van der Waals surface area (Å²) in [6, 6.07) is 9.97. The molecular formula is C22H23N3O6. The van der Waals surface area contributed by atoms with E-state index in [2.05, 4.69) is 10.6 Å². The van der Waals surface area contributed by atoms with Gasteiger partial charge in [-0.2, -0.15) is 0 Å². The van der Waals surface area contributed by atoms with Gasteiger partial charge in [-0.15, -0.1) is 0 Å². The summed E-state index contributed by atoms with van der Waals surface area (Å²) in [4.78, 5) is 36.7. The van der Waals surface area contributed by atoms with Crippen LogP contribution in [0.5, 0.6) is 17.2 Å². The van der Waals surface area contributed by atoms with Crippen LogP contribution in [0, 0.1) is 0 Å². The van der Waals surface area contributed by atoms with Crippen molar-refractivity contribution in [1.29, 1.82) is 0 Å². The van der Waals surface area contributed by atoms with E-state index < -0.39 is 6.03 Å². The van der Waals surface area contributed by atoms with Crippen molar-refractivity contribution in [1.82, 2.24) is 10.2 Å². The maximum Gasteiger partial charge on any atom is 0.324 e. The summed E-state index contributed by atoms with van der Waals surface area (Å²) in [5.74, 6) is 0.861. The zero-order chi connectivity index (χ0) is 22.4. The Hall–Kier alpha value is -4.01. The number of carbonyl (C=O) groups excluding carboxylic acids is 3. The van der Waals surface area contributed by atoms with E-state index in [0.29, 0.717) is 28.5 Å². The molecule has 0 atom stereocenters. The second kappa shape index (κ2) is 9.66. The maximum absolute atomic E-state index is 12.3. The van der Waals surface area contributed by atoms with Crippen LogP contribution in [0.1, 0.15) is 11.1 Å². The fraction of sp³-hybridized carbons (Fsp3) is 0.227. The third kappa shape index (κ3) is 5.13. The molecule has 31 heavy (non-hydrogen) atoms. The lowest BCUT2D eigenvalue weighted by Gasteiger charge is -2.13. The molecule has 0 radical (unpaired) electrons. The normalized spacial score (nSPS) is 13.3. The van der Waals surface area contributed by atoms with E-state index in [1.807, 2.05) is 0 Å². The molecule has 4 amide bonds. The molecule has 1 fully saturated rings. The van der Waals surface area contributed by atoms with E-state index in [-0.39, 0.29) is 24.9 Å². The molecule has 0 aromatic heterocycles. The topological polar surface area (TPSA) is 106 Å². The zero-order valence-electron chi connectivity index (χ0n) is 17.4. The average molecular weight is 425 g/mol. The molecule has 0 saturated carbocycles. The number of amides is 4. The van der Waals surface area contributed by atoms with Gasteiger partial charge in [-0.3, -0.25) is 14.5 Å². The first-order valence-electron chi connectivity index (χ1n) is 9.41. The van der Waals surface area contributed by atoms with Crippen LogP contribution >= 0.6 is 0 Å². The number of nitrogens with one attached hydrogen (secondary N) is 2. The third-order valence-electron chi connectivity index (χ3n) is 4.61. The van der Waals surface area contributed by atoms with Gasteiger partial charge in [-0.1, -0.05) is 12.1 Å². The second-order valence-corrected chi connectivity index (χ2v) is 6.62. The van der Waals surface area contributed by atoms with Gasteiger partial charge in [-0.25, -0.2) is 4.79 Å². The molecule has 1 aliphatic rings. The molecule has 0 spiro atoms. The first-order chi connectivity index (χ1) is 14.9. The van der Waals surface area contributed by atoms with E-state index in [0.717, 1.165) is 10.5 Å². The lowest BCUT2D eigenvalue weighted by Crippen LogP contribution is -2.30. The van der Waals surface area contributed by atoms with Crippen LogP contribution in [0.2, 0.25) is 0 Å². The van der Waals surface area contributed by atoms with E-state index in [4.69, 9.17) is 14.2 Å². The zero-order valence-corrected chi connectivity index (χ0v) is 17.4. The Kier molecular flexibility index (Phi) is 6.76. The van der Waals surface area contributed by atoms with Gasteiger partial charge in [0.1, 0.15) is 0 Å². The summed E-state index contributed by atoms with van der Waals surface area (Å²) in [6.07, 6.45) is 3.02. The fourth-order valence-electron chi connectivity index (χ4n) is 3.04. The van der Waals surface area contributed by atoms with Crippen LogP contribution in [0.15, 0.2) is 42.5 Å². The Morgan fingerprint density at radius 1 is 1.06 bits per heavy atom. The van der Waals surface area contributed by atoms with Gasteiger partial charge in [-0.05, 0) is 41.5 Å². The molecule has 3 rings (SSSR count). The predicted octanol–water partition coefficient (Wildman–Crippen LogP) is 2.42. The van der Waals surface area contributed by atoms with Gasteiger partial charge in [0.05, 0.1) is 34.4 Å². The molecule has 1 aliphatic heterocycles. The molecule has 2 N–H and O–H groups in total. The number of carbonyl (C=O) groups is 3. The molecule has 162 valence electrons. The van der Waals surface area contributed by atoms with Crippen molar-refractivity contribution in [3.05, 3.63) is 53.6 Å². The van der Waals surface area contributed by atoms with Crippen LogP contribution in [0.4, 0.5) is 10.5 Å². The SMILES string of the molecule is COc1cc(C=CC(=O)Nc2ccc(CN3C(=O)CNC3=O)cc2)cc(OC)c1OC. The Bertz CT molecular complexity index is 975. The molecule has 0 bridgehead atoms. The summed E-state index contributed by atoms with van der Waals surface area (Å²) in [5.41, 5.74) is 2.06. The van der Waals surface area contributed by atoms with Crippen LogP contribution in [-0.2, 0) is 16.1 Å². The van der Waals surface area contributed by atoms with E-state index >= 15 is 0 Å². The first kappa shape index (κ1) is 21.7. The third-order valence-corrected chi connectivity index (χ3v) is 4.61. The standard InChI is InChI=1S/C22H23N3O6/c1-29-17-10-15(11-18(30-2)21(17)31-3)6-9-19(26)24-16-7-4-14(5-8-16)13-25-20(27)12-23-22(25)28/h4-11H,12-13H2,1-3H3,(H,23,28)(H,24,26). The van der Waals surface area contributed by atoms with Crippen molar-refractivity contribution in [3.63, 3.8) is 0 Å². The number of hydrogen-bond donors (Lipinski definition) is 2. The molecular weight excluding hydrogens is 402 g/mol. The van der Waals surface area contributed by atoms with E-state index in [1.54, 1.807) is 42.5 Å². The molecule has 0 aliphatic carbocycles. The maximum atomic E-state index is 12.3. The summed E-state index contributed by atoms with van der Waals surface area (Å²) >= 11 is 0. The molecule has 2 aromatic carbocycles. The van der Waals surface area contributed by atoms with Crippen LogP contribution < -0.4 is 24.8 Å². The molecule has 1 saturated heterocycles. The van der Waals surface area contributed by atoms with Gasteiger partial charge in [0.2, 0.25) is 17.6 Å². The second-order valence-electron chi connectivity index (χ2n) is 6.62. The predicted molar refractivity (Wildman–Crippen MR) is 114 cm³/mol. The number of hydrogen-bond acceptors (Lipinski definition) is 6. The Balaban J connectivity index is 1.63. The van der Waals surface area contributed by atoms with Crippen molar-refractivity contribution < 1.29 is 28.6 Å². The number of anilines is 1. The fourth-order valence-corrected chi connectivity index (χ4v) is 3.04. The number of benzene rings is 2. The lowest BCUT2D eigenvalue weighted by atomic mass is 10.1. The van der Waals surface area contributed by atoms with E-state index in [9.17, 15) is 14.4 Å². The highest BCUT2D eigenvalue weighted by atomic mass is 16.5. The van der Waals surface area contributed by atoms with Crippen LogP contribution in [0.25, 0.3) is 6.08 Å². The molecule has 9 heteroatoms. The minimum absolute atomic E-state index is 0.0191.